The SMILES string of the molecule is CNC(=O)Cc1cc(C(=O)c2ccc(OC)cc2)sc1-c1ccc(Cl)cc1. The number of likely N-dealkylation sites (N-methyl/N-ethyl adjacent to an activating group) is 1. The summed E-state index contributed by atoms with van der Waals surface area (Å²) in [6.07, 6.45) is 0.209. The zero-order valence-corrected chi connectivity index (χ0v) is 16.5. The van der Waals surface area contributed by atoms with Gasteiger partial charge in [0.1, 0.15) is 5.75 Å². The second-order valence-corrected chi connectivity index (χ2v) is 7.37. The Labute approximate surface area is 166 Å². The molecule has 0 spiro atoms. The van der Waals surface area contributed by atoms with E-state index in [0.29, 0.717) is 21.2 Å². The molecule has 0 saturated carbocycles. The van der Waals surface area contributed by atoms with Gasteiger partial charge < -0.3 is 10.1 Å². The van der Waals surface area contributed by atoms with Gasteiger partial charge in [-0.1, -0.05) is 23.7 Å². The van der Waals surface area contributed by atoms with Gasteiger partial charge >= 0.3 is 0 Å². The number of hydrogen-bond donors (Lipinski definition) is 1. The van der Waals surface area contributed by atoms with Crippen molar-refractivity contribution in [2.24, 2.45) is 0 Å². The van der Waals surface area contributed by atoms with Gasteiger partial charge in [0.15, 0.2) is 0 Å². The summed E-state index contributed by atoms with van der Waals surface area (Å²) < 4.78 is 5.14. The smallest absolute Gasteiger partial charge is 0.224 e. The summed E-state index contributed by atoms with van der Waals surface area (Å²) in [6, 6.07) is 16.2. The number of nitrogens with one attached hydrogen (secondary N) is 1. The van der Waals surface area contributed by atoms with Gasteiger partial charge in [0.25, 0.3) is 0 Å². The summed E-state index contributed by atoms with van der Waals surface area (Å²) in [5.41, 5.74) is 2.32. The zero-order valence-electron chi connectivity index (χ0n) is 14.9. The Morgan fingerprint density at radius 2 is 1.74 bits per heavy atom. The Hall–Kier alpha value is -2.63. The minimum atomic E-state index is -0.105. The van der Waals surface area contributed by atoms with E-state index in [1.807, 2.05) is 12.1 Å². The molecule has 4 nitrogen and oxygen atoms in total. The summed E-state index contributed by atoms with van der Waals surface area (Å²) in [4.78, 5) is 26.3. The molecule has 2 aromatic carbocycles. The molecule has 0 aliphatic heterocycles. The van der Waals surface area contributed by atoms with Crippen LogP contribution in [-0.2, 0) is 11.2 Å². The quantitative estimate of drug-likeness (QED) is 0.616. The van der Waals surface area contributed by atoms with E-state index in [-0.39, 0.29) is 18.1 Å². The number of rotatable bonds is 6. The van der Waals surface area contributed by atoms with Gasteiger partial charge in [-0.25, -0.2) is 0 Å². The average molecular weight is 400 g/mol. The molecule has 27 heavy (non-hydrogen) atoms. The molecule has 1 N–H and O–H groups in total. The van der Waals surface area contributed by atoms with Gasteiger partial charge in [-0.3, -0.25) is 9.59 Å². The number of carbonyl (C=O) groups is 2. The molecular formula is C21H18ClNO3S. The highest BCUT2D eigenvalue weighted by molar-refractivity contribution is 7.17. The van der Waals surface area contributed by atoms with Crippen LogP contribution in [0.3, 0.4) is 0 Å². The van der Waals surface area contributed by atoms with Gasteiger partial charge in [0, 0.05) is 22.5 Å². The van der Waals surface area contributed by atoms with E-state index in [1.54, 1.807) is 56.6 Å². The van der Waals surface area contributed by atoms with Gasteiger partial charge in [-0.2, -0.15) is 0 Å². The normalized spacial score (nSPS) is 10.5. The third kappa shape index (κ3) is 4.38. The fourth-order valence-electron chi connectivity index (χ4n) is 2.66. The van der Waals surface area contributed by atoms with Crippen molar-refractivity contribution in [1.82, 2.24) is 5.32 Å². The first-order valence-electron chi connectivity index (χ1n) is 8.30. The van der Waals surface area contributed by atoms with Crippen LogP contribution in [0.4, 0.5) is 0 Å². The number of ether oxygens (including phenoxy) is 1. The molecule has 3 rings (SSSR count). The van der Waals surface area contributed by atoms with Gasteiger partial charge in [0.05, 0.1) is 18.4 Å². The van der Waals surface area contributed by atoms with Crippen LogP contribution in [0.1, 0.15) is 20.8 Å². The van der Waals surface area contributed by atoms with Crippen molar-refractivity contribution in [3.05, 3.63) is 75.6 Å². The predicted molar refractivity (Wildman–Crippen MR) is 109 cm³/mol. The molecule has 0 fully saturated rings. The minimum absolute atomic E-state index is 0.0824. The molecular weight excluding hydrogens is 382 g/mol. The first kappa shape index (κ1) is 19.1. The second kappa shape index (κ2) is 8.37. The van der Waals surface area contributed by atoms with Crippen LogP contribution in [0.25, 0.3) is 10.4 Å². The molecule has 0 atom stereocenters. The maximum Gasteiger partial charge on any atom is 0.224 e. The minimum Gasteiger partial charge on any atom is -0.497 e. The van der Waals surface area contributed by atoms with Crippen molar-refractivity contribution in [1.29, 1.82) is 0 Å². The molecule has 3 aromatic rings. The molecule has 0 radical (unpaired) electrons. The number of benzene rings is 2. The van der Waals surface area contributed by atoms with Crippen LogP contribution in [0.2, 0.25) is 5.02 Å². The number of hydrogen-bond acceptors (Lipinski definition) is 4. The standard InChI is InChI=1S/C21H18ClNO3S/c1-23-19(24)12-15-11-18(20(25)13-5-9-17(26-2)10-6-13)27-21(15)14-3-7-16(22)8-4-14/h3-11H,12H2,1-2H3,(H,23,24). The lowest BCUT2D eigenvalue weighted by molar-refractivity contribution is -0.119. The van der Waals surface area contributed by atoms with Crippen LogP contribution in [0.5, 0.6) is 5.75 Å². The molecule has 0 bridgehead atoms. The Balaban J connectivity index is 2.00. The third-order valence-electron chi connectivity index (χ3n) is 4.12. The van der Waals surface area contributed by atoms with E-state index in [1.165, 1.54) is 11.3 Å². The maximum absolute atomic E-state index is 12.9. The van der Waals surface area contributed by atoms with E-state index < -0.39 is 0 Å². The second-order valence-electron chi connectivity index (χ2n) is 5.88. The fourth-order valence-corrected chi connectivity index (χ4v) is 3.94. The Morgan fingerprint density at radius 1 is 1.07 bits per heavy atom. The van der Waals surface area contributed by atoms with Crippen molar-refractivity contribution in [2.75, 3.05) is 14.2 Å². The topological polar surface area (TPSA) is 55.4 Å². The Morgan fingerprint density at radius 3 is 2.33 bits per heavy atom. The summed E-state index contributed by atoms with van der Waals surface area (Å²) >= 11 is 7.36. The number of amides is 1. The van der Waals surface area contributed by atoms with Crippen LogP contribution in [-0.4, -0.2) is 25.8 Å². The van der Waals surface area contributed by atoms with E-state index >= 15 is 0 Å². The summed E-state index contributed by atoms with van der Waals surface area (Å²) in [5.74, 6) is 0.507. The summed E-state index contributed by atoms with van der Waals surface area (Å²) in [5, 5.41) is 3.27. The van der Waals surface area contributed by atoms with Crippen molar-refractivity contribution >= 4 is 34.6 Å². The number of halogens is 1. The lowest BCUT2D eigenvalue weighted by Crippen LogP contribution is -2.19. The number of carbonyl (C=O) groups excluding carboxylic acids is 2. The van der Waals surface area contributed by atoms with Crippen LogP contribution in [0, 0.1) is 0 Å². The van der Waals surface area contributed by atoms with Gasteiger partial charge in [-0.15, -0.1) is 11.3 Å². The zero-order chi connectivity index (χ0) is 19.4. The predicted octanol–water partition coefficient (Wildman–Crippen LogP) is 4.60. The van der Waals surface area contributed by atoms with Crippen molar-refractivity contribution in [3.63, 3.8) is 0 Å². The van der Waals surface area contributed by atoms with Crippen molar-refractivity contribution in [3.8, 4) is 16.2 Å². The number of ketones is 1. The molecule has 0 aliphatic rings. The number of methoxy groups -OCH3 is 1. The van der Waals surface area contributed by atoms with Crippen LogP contribution >= 0.6 is 22.9 Å². The highest BCUT2D eigenvalue weighted by Gasteiger charge is 2.19. The first-order chi connectivity index (χ1) is 13.0. The third-order valence-corrected chi connectivity index (χ3v) is 5.60. The Bertz CT molecular complexity index is 962. The molecule has 1 heterocycles. The van der Waals surface area contributed by atoms with E-state index in [0.717, 1.165) is 16.0 Å². The van der Waals surface area contributed by atoms with E-state index in [2.05, 4.69) is 5.32 Å². The first-order valence-corrected chi connectivity index (χ1v) is 9.49. The molecule has 1 amide bonds. The maximum atomic E-state index is 12.9. The molecule has 0 saturated heterocycles. The lowest BCUT2D eigenvalue weighted by atomic mass is 10.0. The summed E-state index contributed by atoms with van der Waals surface area (Å²) in [6.45, 7) is 0. The van der Waals surface area contributed by atoms with Gasteiger partial charge in [-0.05, 0) is 53.6 Å². The molecule has 138 valence electrons. The Kier molecular flexibility index (Phi) is 5.94. The van der Waals surface area contributed by atoms with Crippen molar-refractivity contribution < 1.29 is 14.3 Å². The molecule has 0 unspecified atom stereocenters. The monoisotopic (exact) mass is 399 g/mol. The number of thiophene rings is 1. The highest BCUT2D eigenvalue weighted by atomic mass is 35.5. The fraction of sp³-hybridized carbons (Fsp3) is 0.143. The largest absolute Gasteiger partial charge is 0.497 e. The molecule has 1 aromatic heterocycles. The van der Waals surface area contributed by atoms with Crippen LogP contribution in [0.15, 0.2) is 54.6 Å². The summed E-state index contributed by atoms with van der Waals surface area (Å²) in [7, 11) is 3.18. The van der Waals surface area contributed by atoms with Crippen molar-refractivity contribution in [2.45, 2.75) is 6.42 Å². The van der Waals surface area contributed by atoms with Gasteiger partial charge in [0.2, 0.25) is 11.7 Å². The van der Waals surface area contributed by atoms with E-state index in [4.69, 9.17) is 16.3 Å². The molecule has 0 aliphatic carbocycles. The van der Waals surface area contributed by atoms with Crippen LogP contribution < -0.4 is 10.1 Å². The van der Waals surface area contributed by atoms with E-state index in [9.17, 15) is 9.59 Å². The highest BCUT2D eigenvalue weighted by Crippen LogP contribution is 2.35. The molecule has 6 heteroatoms. The average Bonchev–Trinajstić information content (AvgIpc) is 3.11. The lowest BCUT2D eigenvalue weighted by Gasteiger charge is -2.03.